The van der Waals surface area contributed by atoms with Gasteiger partial charge in [0.25, 0.3) is 0 Å². The van der Waals surface area contributed by atoms with Gasteiger partial charge in [0.1, 0.15) is 39.2 Å². The first kappa shape index (κ1) is 102. The van der Waals surface area contributed by atoms with Crippen LogP contribution in [0.25, 0.3) is 0 Å². The molecule has 23 nitrogen and oxygen atoms in total. The SMILES string of the molecule is CB(O)N1CC(O)(c2ccccc2)CCC1CO.CB(O)N1C[C@]2(c3ccc(C)cc3)CC1CO2.CB(O)N1C[C@]2(c3ccc(N)cc3)CC1CO2.CB(O)N1C[C@]2(c3ccc(N=C(c4ccccc4)c4ccccc4)cc3)CC1CO2.CB(O)N1C[C@]2(c3ccccc3)CC1CO2.CCC.CCCC.OCC1CCC(O)(c2ccccc2)CN1.c1ccc([C@]23CNC(CO2)C3)cc1. The van der Waals surface area contributed by atoms with Crippen molar-refractivity contribution in [1.29, 1.82) is 0 Å². The lowest BCUT2D eigenvalue weighted by Gasteiger charge is -2.44. The van der Waals surface area contributed by atoms with Crippen molar-refractivity contribution in [2.45, 2.75) is 227 Å². The van der Waals surface area contributed by atoms with Crippen LogP contribution in [0.15, 0.2) is 260 Å². The van der Waals surface area contributed by atoms with Gasteiger partial charge in [-0.15, -0.1) is 0 Å². The summed E-state index contributed by atoms with van der Waals surface area (Å²) in [7, 11) is -2.27. The topological polar surface area (TPSA) is 307 Å². The minimum absolute atomic E-state index is 0.00801. The van der Waals surface area contributed by atoms with Gasteiger partial charge in [-0.3, -0.25) is 0 Å². The van der Waals surface area contributed by atoms with Crippen LogP contribution in [0.5, 0.6) is 0 Å². The molecule has 0 aliphatic carbocycles. The van der Waals surface area contributed by atoms with Crippen LogP contribution in [0.4, 0.5) is 11.4 Å². The molecule has 0 amide bonds. The maximum absolute atomic E-state index is 10.7. The molecule has 0 aromatic heterocycles. The van der Waals surface area contributed by atoms with Crippen LogP contribution >= 0.6 is 0 Å². The Labute approximate surface area is 792 Å². The van der Waals surface area contributed by atoms with Crippen LogP contribution in [-0.2, 0) is 62.9 Å². The third-order valence-electron chi connectivity index (χ3n) is 28.6. The molecule has 12 aliphatic heterocycles. The van der Waals surface area contributed by atoms with E-state index in [4.69, 9.17) is 39.5 Å². The number of anilines is 1. The monoisotopic (exact) mass is 1810 g/mol. The molecular formula is C105H144B5N9O14. The first-order chi connectivity index (χ1) is 64.1. The van der Waals surface area contributed by atoms with Gasteiger partial charge in [0.2, 0.25) is 0 Å². The molecule has 21 rings (SSSR count). The highest BCUT2D eigenvalue weighted by Crippen LogP contribution is 2.50. The first-order valence-electron chi connectivity index (χ1n) is 48.6. The standard InChI is InChI=1S/C25H25BN2O2.C13H20BNO3.C13H18BNO2.C12H17BN2O2.C12H16BNO2.C12H17NO2.C11H13NO.C4H10.C3H8/c1-26(29)28-18-25(16-23(28)17-30-25)21-12-14-22(15-13-21)27-24(19-8-4-2-5-9-19)20-10-6-3-7-11-20;1-14(18)15-10-13(17,8-7-12(15)9-16)11-5-3-2-4-6-11;1-10-3-5-11(6-4-10)13-7-12(8-17-13)15(9-13)14(2)16;1-13(16)15-8-12(6-11(15)7-17-12)9-2-4-10(14)5-3-9;1-13(15)14-9-12(7-11(14)8-16-12)10-5-3-2-4-6-10;14-8-11-6-7-12(15,9-13-11)10-4-2-1-3-5-10;1-2-4-9(5-3-1)11-6-10(7-13-11)12-8-11;1-3-4-2;1-3-2/h2-15,23,29H,16-18H2,1H3;2-6,12,16-18H,7-10H2,1H3;3-6,12,16H,7-9H2,1-2H3;2-5,11,16H,6-8,14H2,1H3;2-6,11,15H,7-9H2,1H3;1-5,11,13-15H,6-9H2;1-5,10,12H,6-8H2;3-4H2,1-2H3;3H2,1-2H3/t23?,25-;;12?,13-;2*11?,12-;;10?,11-;;/m0.000.0../s1. The molecule has 12 fully saturated rings. The van der Waals surface area contributed by atoms with Crippen LogP contribution in [-0.4, -0.2) is 245 Å². The van der Waals surface area contributed by atoms with E-state index in [9.17, 15) is 40.4 Å². The summed E-state index contributed by atoms with van der Waals surface area (Å²) in [6, 6.07) is 87.6. The molecule has 0 saturated carbocycles. The Hall–Kier alpha value is -8.07. The number of fused-ring (bicyclic) bond motifs is 10. The number of unbranched alkanes of at least 4 members (excludes halogenated alkanes) is 1. The summed E-state index contributed by atoms with van der Waals surface area (Å²) in [5.41, 5.74) is 17.1. The minimum Gasteiger partial charge on any atom is -0.437 e. The Balaban J connectivity index is 0.000000132. The van der Waals surface area contributed by atoms with Crippen molar-refractivity contribution in [1.82, 2.24) is 34.7 Å². The fourth-order valence-electron chi connectivity index (χ4n) is 20.9. The summed E-state index contributed by atoms with van der Waals surface area (Å²) in [5, 5.41) is 95.1. The number of β-amino-alcohol motifs (C(OH)–C–C–N with tert-alkyl or cyclic N) is 2. The Bertz CT molecular complexity index is 4870. The van der Waals surface area contributed by atoms with Gasteiger partial charge >= 0.3 is 35.3 Å². The largest absolute Gasteiger partial charge is 0.437 e. The number of morpholine rings is 5. The Morgan fingerprint density at radius 2 is 0.707 bits per heavy atom. The summed E-state index contributed by atoms with van der Waals surface area (Å²) >= 11 is 0. The van der Waals surface area contributed by atoms with Crippen molar-refractivity contribution >= 4 is 52.3 Å². The number of nitrogens with one attached hydrogen (secondary N) is 2. The molecule has 708 valence electrons. The van der Waals surface area contributed by atoms with Crippen molar-refractivity contribution in [3.8, 4) is 0 Å². The summed E-state index contributed by atoms with van der Waals surface area (Å²) in [4.78, 5) is 15.3. The number of aliphatic hydroxyl groups is 4. The molecular weight excluding hydrogens is 1670 g/mol. The van der Waals surface area contributed by atoms with E-state index in [1.54, 1.807) is 11.6 Å². The quantitative estimate of drug-likeness (QED) is 0.0216. The van der Waals surface area contributed by atoms with Gasteiger partial charge in [0, 0.05) is 105 Å². The lowest BCUT2D eigenvalue weighted by Crippen LogP contribution is -2.57. The van der Waals surface area contributed by atoms with Gasteiger partial charge in [-0.25, -0.2) is 4.99 Å². The van der Waals surface area contributed by atoms with Crippen LogP contribution in [0, 0.1) is 6.92 Å². The average molecular weight is 1810 g/mol. The van der Waals surface area contributed by atoms with E-state index in [0.29, 0.717) is 75.8 Å². The van der Waals surface area contributed by atoms with Crippen molar-refractivity contribution < 1.29 is 69.2 Å². The highest BCUT2D eigenvalue weighted by atomic mass is 16.5. The molecule has 13 N–H and O–H groups in total. The van der Waals surface area contributed by atoms with Crippen molar-refractivity contribution in [2.24, 2.45) is 4.99 Å². The van der Waals surface area contributed by atoms with E-state index >= 15 is 0 Å². The normalized spacial score (nSPS) is 28.8. The molecule has 9 unspecified atom stereocenters. The van der Waals surface area contributed by atoms with Crippen LogP contribution < -0.4 is 16.4 Å². The molecule has 9 aromatic rings. The predicted octanol–water partition coefficient (Wildman–Crippen LogP) is 13.0. The van der Waals surface area contributed by atoms with E-state index in [1.807, 2.05) is 167 Å². The van der Waals surface area contributed by atoms with Crippen molar-refractivity contribution in [3.05, 3.63) is 310 Å². The maximum Gasteiger partial charge on any atom is 0.376 e. The molecule has 28 heteroatoms. The first-order valence-corrected chi connectivity index (χ1v) is 48.6. The second-order valence-electron chi connectivity index (χ2n) is 38.4. The van der Waals surface area contributed by atoms with Crippen LogP contribution in [0.2, 0.25) is 34.1 Å². The van der Waals surface area contributed by atoms with Gasteiger partial charge in [0.05, 0.1) is 57.6 Å². The predicted molar refractivity (Wildman–Crippen MR) is 536 cm³/mol. The molecule has 12 saturated heterocycles. The number of hydrogen-bond acceptors (Lipinski definition) is 23. The fraction of sp³-hybridized carbons (Fsp3) is 0.476. The number of aryl methyl sites for hydroxylation is 1. The number of nitrogens with zero attached hydrogens (tertiary/aromatic N) is 6. The van der Waals surface area contributed by atoms with Crippen LogP contribution in [0.3, 0.4) is 0 Å². The number of ether oxygens (including phenoxy) is 5. The summed E-state index contributed by atoms with van der Waals surface area (Å²) in [5.74, 6) is 0. The van der Waals surface area contributed by atoms with E-state index in [2.05, 4.69) is 180 Å². The third-order valence-corrected chi connectivity index (χ3v) is 28.6. The highest BCUT2D eigenvalue weighted by molar-refractivity contribution is 6.47. The Kier molecular flexibility index (Phi) is 36.1. The van der Waals surface area contributed by atoms with E-state index in [1.165, 1.54) is 41.5 Å². The molecule has 14 atom stereocenters. The average Bonchev–Trinajstić information content (AvgIpc) is 1.60. The number of hydrogen-bond donors (Lipinski definition) is 12. The molecule has 12 heterocycles. The molecule has 12 aliphatic rings. The number of nitrogens with two attached hydrogens (primary N) is 1. The second kappa shape index (κ2) is 46.9. The summed E-state index contributed by atoms with van der Waals surface area (Å²) in [6.07, 6.45) is 11.7. The number of aliphatic imine (C=N–C) groups is 1. The number of benzene rings is 9. The highest BCUT2D eigenvalue weighted by Gasteiger charge is 2.58. The van der Waals surface area contributed by atoms with E-state index < -0.39 is 32.4 Å². The Morgan fingerprint density at radius 1 is 0.376 bits per heavy atom. The van der Waals surface area contributed by atoms with Crippen LogP contribution in [0.1, 0.15) is 160 Å². The maximum atomic E-state index is 10.7. The lowest BCUT2D eigenvalue weighted by atomic mass is 9.74. The number of piperidine rings is 2. The zero-order valence-corrected chi connectivity index (χ0v) is 79.9. The van der Waals surface area contributed by atoms with Gasteiger partial charge < -0.3 is 110 Å². The third kappa shape index (κ3) is 24.7. The minimum atomic E-state index is -0.941. The van der Waals surface area contributed by atoms with Gasteiger partial charge in [-0.2, -0.15) is 0 Å². The van der Waals surface area contributed by atoms with E-state index in [-0.39, 0.29) is 67.4 Å². The molecule has 0 spiro atoms. The Morgan fingerprint density at radius 3 is 1.02 bits per heavy atom. The summed E-state index contributed by atoms with van der Waals surface area (Å²) in [6.45, 7) is 28.5. The van der Waals surface area contributed by atoms with E-state index in [0.717, 1.165) is 142 Å². The number of aliphatic hydroxyl groups excluding tert-OH is 2. The molecule has 0 radical (unpaired) electrons. The summed E-state index contributed by atoms with van der Waals surface area (Å²) < 4.78 is 29.9. The zero-order valence-electron chi connectivity index (χ0n) is 79.9. The molecule has 133 heavy (non-hydrogen) atoms. The van der Waals surface area contributed by atoms with Crippen molar-refractivity contribution in [3.63, 3.8) is 0 Å². The van der Waals surface area contributed by atoms with Gasteiger partial charge in [-0.05, 0) is 162 Å². The number of rotatable bonds is 18. The zero-order chi connectivity index (χ0) is 94.6. The lowest BCUT2D eigenvalue weighted by molar-refractivity contribution is -0.0426. The van der Waals surface area contributed by atoms with Gasteiger partial charge in [0.15, 0.2) is 0 Å². The molecule has 9 aromatic carbocycles. The molecule has 10 bridgehead atoms. The smallest absolute Gasteiger partial charge is 0.376 e. The number of nitrogen functional groups attached to an aromatic ring is 1. The second-order valence-corrected chi connectivity index (χ2v) is 38.4. The van der Waals surface area contributed by atoms with Crippen molar-refractivity contribution in [2.75, 3.05) is 97.8 Å². The fourth-order valence-corrected chi connectivity index (χ4v) is 20.9. The van der Waals surface area contributed by atoms with Gasteiger partial charge in [-0.1, -0.05) is 283 Å².